The van der Waals surface area contributed by atoms with Crippen molar-refractivity contribution >= 4 is 17.8 Å². The van der Waals surface area contributed by atoms with E-state index in [2.05, 4.69) is 19.2 Å². The van der Waals surface area contributed by atoms with Gasteiger partial charge in [0.05, 0.1) is 5.41 Å². The summed E-state index contributed by atoms with van der Waals surface area (Å²) in [6.07, 6.45) is 7.74. The van der Waals surface area contributed by atoms with Crippen molar-refractivity contribution in [3.8, 4) is 0 Å². The summed E-state index contributed by atoms with van der Waals surface area (Å²) in [4.78, 5) is 36.0. The number of piperidine rings is 1. The minimum absolute atomic E-state index is 0.0527. The van der Waals surface area contributed by atoms with E-state index >= 15 is 0 Å². The minimum atomic E-state index is -0.382. The monoisotopic (exact) mass is 361 g/mol. The third-order valence-corrected chi connectivity index (χ3v) is 8.52. The summed E-state index contributed by atoms with van der Waals surface area (Å²) in [5.41, 5.74) is -0.134. The maximum atomic E-state index is 12.6. The Balaban J connectivity index is 1.57. The molecule has 0 aromatic carbocycles. The Hall–Kier alpha value is -1.39. The third kappa shape index (κ3) is 2.61. The largest absolute Gasteiger partial charge is 0.463 e. The number of imide groups is 1. The molecule has 4 rings (SSSR count). The molecule has 1 N–H and O–H groups in total. The maximum Gasteiger partial charge on any atom is 0.302 e. The zero-order valence-corrected chi connectivity index (χ0v) is 16.2. The van der Waals surface area contributed by atoms with Crippen molar-refractivity contribution in [2.24, 2.45) is 34.5 Å². The van der Waals surface area contributed by atoms with E-state index < -0.39 is 0 Å². The molecule has 3 aliphatic carbocycles. The van der Waals surface area contributed by atoms with Gasteiger partial charge in [-0.15, -0.1) is 0 Å². The zero-order chi connectivity index (χ0) is 18.7. The number of carbonyl (C=O) groups excluding carboxylic acids is 3. The number of nitrogens with one attached hydrogen (secondary N) is 1. The van der Waals surface area contributed by atoms with Crippen molar-refractivity contribution in [2.75, 3.05) is 0 Å². The minimum Gasteiger partial charge on any atom is -0.463 e. The van der Waals surface area contributed by atoms with E-state index in [-0.39, 0.29) is 40.6 Å². The Kier molecular flexibility index (Phi) is 4.20. The predicted octanol–water partition coefficient (Wildman–Crippen LogP) is 3.21. The quantitative estimate of drug-likeness (QED) is 0.575. The van der Waals surface area contributed by atoms with Crippen LogP contribution in [-0.2, 0) is 19.1 Å². The Bertz CT molecular complexity index is 646. The van der Waals surface area contributed by atoms with E-state index in [1.807, 2.05) is 0 Å². The Morgan fingerprint density at radius 2 is 1.85 bits per heavy atom. The molecule has 144 valence electrons. The number of hydrogen-bond donors (Lipinski definition) is 1. The van der Waals surface area contributed by atoms with Gasteiger partial charge >= 0.3 is 5.97 Å². The lowest BCUT2D eigenvalue weighted by molar-refractivity contribution is -0.170. The van der Waals surface area contributed by atoms with Gasteiger partial charge in [0.1, 0.15) is 6.10 Å². The molecule has 0 aromatic rings. The molecular formula is C21H31NO4. The fourth-order valence-electron chi connectivity index (χ4n) is 7.06. The van der Waals surface area contributed by atoms with Crippen LogP contribution in [0.1, 0.15) is 72.1 Å². The summed E-state index contributed by atoms with van der Waals surface area (Å²) in [7, 11) is 0. The van der Waals surface area contributed by atoms with Crippen LogP contribution in [0.15, 0.2) is 0 Å². The summed E-state index contributed by atoms with van der Waals surface area (Å²) >= 11 is 0. The molecule has 4 fully saturated rings. The second kappa shape index (κ2) is 6.07. The van der Waals surface area contributed by atoms with Crippen LogP contribution in [0.5, 0.6) is 0 Å². The smallest absolute Gasteiger partial charge is 0.302 e. The van der Waals surface area contributed by atoms with Crippen LogP contribution in [0.25, 0.3) is 0 Å². The summed E-state index contributed by atoms with van der Waals surface area (Å²) in [5, 5.41) is 2.58. The molecule has 2 amide bonds. The van der Waals surface area contributed by atoms with E-state index in [1.165, 1.54) is 6.92 Å². The fourth-order valence-corrected chi connectivity index (χ4v) is 7.06. The average Bonchev–Trinajstić information content (AvgIpc) is 2.56. The number of ether oxygens (including phenoxy) is 1. The summed E-state index contributed by atoms with van der Waals surface area (Å²) in [6.45, 7) is 5.99. The van der Waals surface area contributed by atoms with E-state index in [0.717, 1.165) is 44.9 Å². The first-order valence-electron chi connectivity index (χ1n) is 10.3. The van der Waals surface area contributed by atoms with E-state index in [9.17, 15) is 14.4 Å². The molecule has 1 aliphatic heterocycles. The zero-order valence-electron chi connectivity index (χ0n) is 16.2. The van der Waals surface area contributed by atoms with Crippen LogP contribution in [0, 0.1) is 34.5 Å². The van der Waals surface area contributed by atoms with Gasteiger partial charge < -0.3 is 4.74 Å². The Morgan fingerprint density at radius 1 is 1.08 bits per heavy atom. The van der Waals surface area contributed by atoms with Crippen molar-refractivity contribution in [3.05, 3.63) is 0 Å². The standard InChI is InChI=1S/C21H31NO4/c1-12(23)26-14-6-8-20(2)13(10-14)4-5-15-16(20)7-9-21(3)17(15)11-18(24)22-19(21)25/h13-17H,4-11H2,1-3H3,(H,22,24,25)/t13-,14+,15+,16-,17+,20-,21-/m0/s1. The molecule has 5 nitrogen and oxygen atoms in total. The Labute approximate surface area is 155 Å². The van der Waals surface area contributed by atoms with Crippen LogP contribution < -0.4 is 5.32 Å². The molecular weight excluding hydrogens is 330 g/mol. The van der Waals surface area contributed by atoms with E-state index in [0.29, 0.717) is 24.2 Å². The maximum absolute atomic E-state index is 12.6. The first kappa shape index (κ1) is 18.0. The van der Waals surface area contributed by atoms with Gasteiger partial charge in [0.2, 0.25) is 11.8 Å². The average molecular weight is 361 g/mol. The highest BCUT2D eigenvalue weighted by molar-refractivity contribution is 6.01. The number of amides is 2. The Morgan fingerprint density at radius 3 is 2.58 bits per heavy atom. The lowest BCUT2D eigenvalue weighted by Gasteiger charge is -2.61. The van der Waals surface area contributed by atoms with E-state index in [4.69, 9.17) is 4.74 Å². The molecule has 0 spiro atoms. The number of fused-ring (bicyclic) bond motifs is 5. The number of esters is 1. The molecule has 0 aromatic heterocycles. The molecule has 3 saturated carbocycles. The van der Waals surface area contributed by atoms with Crippen LogP contribution in [-0.4, -0.2) is 23.9 Å². The molecule has 1 heterocycles. The van der Waals surface area contributed by atoms with Gasteiger partial charge in [0, 0.05) is 13.3 Å². The highest BCUT2D eigenvalue weighted by Crippen LogP contribution is 2.64. The third-order valence-electron chi connectivity index (χ3n) is 8.52. The van der Waals surface area contributed by atoms with Gasteiger partial charge in [-0.2, -0.15) is 0 Å². The van der Waals surface area contributed by atoms with Gasteiger partial charge in [-0.3, -0.25) is 19.7 Å². The van der Waals surface area contributed by atoms with Crippen molar-refractivity contribution in [3.63, 3.8) is 0 Å². The van der Waals surface area contributed by atoms with Gasteiger partial charge in [-0.1, -0.05) is 13.8 Å². The molecule has 0 radical (unpaired) electrons. The molecule has 5 heteroatoms. The second-order valence-electron chi connectivity index (χ2n) is 9.70. The summed E-state index contributed by atoms with van der Waals surface area (Å²) in [5.74, 6) is 1.50. The SMILES string of the molecule is CC(=O)O[C@@H]1CC[C@@]2(C)[C@@H](CC[C@H]3[C@H]4CC(=O)NC(=O)[C@@]4(C)CC[C@@H]32)C1. The van der Waals surface area contributed by atoms with Gasteiger partial charge in [0.25, 0.3) is 0 Å². The first-order valence-corrected chi connectivity index (χ1v) is 10.3. The molecule has 4 aliphatic rings. The first-order chi connectivity index (χ1) is 12.2. The molecule has 0 unspecified atom stereocenters. The molecule has 7 atom stereocenters. The highest BCUT2D eigenvalue weighted by Gasteiger charge is 2.60. The fraction of sp³-hybridized carbons (Fsp3) is 0.857. The highest BCUT2D eigenvalue weighted by atomic mass is 16.5. The van der Waals surface area contributed by atoms with Crippen molar-refractivity contribution in [2.45, 2.75) is 78.2 Å². The topological polar surface area (TPSA) is 72.5 Å². The lowest BCUT2D eigenvalue weighted by Crippen LogP contribution is -2.61. The van der Waals surface area contributed by atoms with Crippen molar-refractivity contribution < 1.29 is 19.1 Å². The van der Waals surface area contributed by atoms with Crippen molar-refractivity contribution in [1.29, 1.82) is 0 Å². The van der Waals surface area contributed by atoms with Gasteiger partial charge in [-0.25, -0.2) is 0 Å². The lowest BCUT2D eigenvalue weighted by atomic mass is 9.44. The van der Waals surface area contributed by atoms with E-state index in [1.54, 1.807) is 0 Å². The normalized spacial score (nSPS) is 47.9. The molecule has 0 bridgehead atoms. The van der Waals surface area contributed by atoms with Gasteiger partial charge in [0.15, 0.2) is 0 Å². The van der Waals surface area contributed by atoms with Crippen LogP contribution in [0.3, 0.4) is 0 Å². The number of rotatable bonds is 1. The van der Waals surface area contributed by atoms with Crippen LogP contribution in [0.2, 0.25) is 0 Å². The second-order valence-corrected chi connectivity index (χ2v) is 9.70. The van der Waals surface area contributed by atoms with Gasteiger partial charge in [-0.05, 0) is 74.0 Å². The van der Waals surface area contributed by atoms with Crippen molar-refractivity contribution in [1.82, 2.24) is 5.32 Å². The van der Waals surface area contributed by atoms with Crippen LogP contribution >= 0.6 is 0 Å². The number of carbonyl (C=O) groups is 3. The summed E-state index contributed by atoms with van der Waals surface area (Å²) < 4.78 is 5.51. The number of hydrogen-bond acceptors (Lipinski definition) is 4. The molecule has 1 saturated heterocycles. The predicted molar refractivity (Wildman–Crippen MR) is 95.8 cm³/mol. The van der Waals surface area contributed by atoms with Crippen LogP contribution in [0.4, 0.5) is 0 Å². The molecule has 26 heavy (non-hydrogen) atoms. The summed E-state index contributed by atoms with van der Waals surface area (Å²) in [6, 6.07) is 0.